The lowest BCUT2D eigenvalue weighted by Crippen LogP contribution is -2.35. The molecule has 0 radical (unpaired) electrons. The van der Waals surface area contributed by atoms with Crippen LogP contribution in [0.3, 0.4) is 0 Å². The number of halogens is 2. The first kappa shape index (κ1) is 23.1. The normalized spacial score (nSPS) is 16.5. The maximum Gasteiger partial charge on any atom is 0.229 e. The largest absolute Gasteiger partial charge is 0.381 e. The summed E-state index contributed by atoms with van der Waals surface area (Å²) in [7, 11) is 1.71. The van der Waals surface area contributed by atoms with Crippen LogP contribution in [-0.4, -0.2) is 26.2 Å². The van der Waals surface area contributed by atoms with Gasteiger partial charge in [-0.25, -0.2) is 8.78 Å². The minimum absolute atomic E-state index is 0.0327. The summed E-state index contributed by atoms with van der Waals surface area (Å²) in [5, 5.41) is 2.59. The maximum absolute atomic E-state index is 14.4. The van der Waals surface area contributed by atoms with Crippen molar-refractivity contribution in [2.24, 2.45) is 5.41 Å². The molecule has 1 N–H and O–H groups in total. The predicted octanol–water partition coefficient (Wildman–Crippen LogP) is 5.77. The van der Waals surface area contributed by atoms with Gasteiger partial charge in [-0.05, 0) is 17.2 Å². The lowest BCUT2D eigenvalue weighted by atomic mass is 9.85. The Labute approximate surface area is 182 Å². The van der Waals surface area contributed by atoms with Crippen LogP contribution in [0.2, 0.25) is 0 Å². The van der Waals surface area contributed by atoms with E-state index in [1.54, 1.807) is 40.0 Å². The second-order valence-electron chi connectivity index (χ2n) is 8.82. The fourth-order valence-corrected chi connectivity index (χ4v) is 3.55. The molecule has 0 saturated carbocycles. The van der Waals surface area contributed by atoms with E-state index in [9.17, 15) is 13.6 Å². The van der Waals surface area contributed by atoms with Crippen molar-refractivity contribution >= 4 is 23.7 Å². The molecule has 0 bridgehead atoms. The summed E-state index contributed by atoms with van der Waals surface area (Å²) in [6.07, 6.45) is 4.93. The number of benzene rings is 2. The highest BCUT2D eigenvalue weighted by Crippen LogP contribution is 2.35. The van der Waals surface area contributed by atoms with Gasteiger partial charge >= 0.3 is 0 Å². The summed E-state index contributed by atoms with van der Waals surface area (Å²) in [5.74, 6) is -1.87. The molecule has 166 valence electrons. The van der Waals surface area contributed by atoms with Crippen LogP contribution in [0, 0.1) is 17.0 Å². The van der Waals surface area contributed by atoms with Gasteiger partial charge in [0.15, 0.2) is 0 Å². The molecule has 1 aliphatic heterocycles. The molecule has 6 heteroatoms. The van der Waals surface area contributed by atoms with E-state index in [2.05, 4.69) is 5.32 Å². The molecule has 0 atom stereocenters. The first-order chi connectivity index (χ1) is 14.6. The molecule has 2 aromatic rings. The summed E-state index contributed by atoms with van der Waals surface area (Å²) < 4.78 is 39.5. The predicted molar refractivity (Wildman–Crippen MR) is 119 cm³/mol. The summed E-state index contributed by atoms with van der Waals surface area (Å²) in [6.45, 7) is 6.50. The van der Waals surface area contributed by atoms with Crippen LogP contribution in [-0.2, 0) is 19.9 Å². The van der Waals surface area contributed by atoms with Gasteiger partial charge in [0.2, 0.25) is 5.91 Å². The van der Waals surface area contributed by atoms with Gasteiger partial charge in [0.05, 0.1) is 11.3 Å². The lowest BCUT2D eigenvalue weighted by Gasteiger charge is -2.36. The van der Waals surface area contributed by atoms with Gasteiger partial charge < -0.3 is 14.8 Å². The van der Waals surface area contributed by atoms with Crippen LogP contribution < -0.4 is 5.32 Å². The number of carbonyl (C=O) groups is 1. The molecule has 3 rings (SSSR count). The van der Waals surface area contributed by atoms with E-state index >= 15 is 0 Å². The van der Waals surface area contributed by atoms with E-state index in [-0.39, 0.29) is 22.8 Å². The van der Waals surface area contributed by atoms with Gasteiger partial charge in [0.25, 0.3) is 0 Å². The highest BCUT2D eigenvalue weighted by molar-refractivity contribution is 5.97. The van der Waals surface area contributed by atoms with Crippen LogP contribution in [0.4, 0.5) is 14.5 Å². The standard InChI is InChI=1S/C25H29F2NO3/c1-24(2,3)23(29)28-22-18(15-20(26)16-21(22)27)8-5-17-6-9-19(10-7-17)25(30-4)11-13-31-14-12-25/h5-10,15-16H,11-14H2,1-4H3,(H,28,29)/b8-5+. The summed E-state index contributed by atoms with van der Waals surface area (Å²) >= 11 is 0. The van der Waals surface area contributed by atoms with Crippen molar-refractivity contribution < 1.29 is 23.0 Å². The van der Waals surface area contributed by atoms with Gasteiger partial charge in [-0.2, -0.15) is 0 Å². The van der Waals surface area contributed by atoms with Gasteiger partial charge in [-0.1, -0.05) is 57.2 Å². The molecule has 2 aromatic carbocycles. The number of methoxy groups -OCH3 is 1. The van der Waals surface area contributed by atoms with E-state index in [0.717, 1.165) is 30.0 Å². The second-order valence-corrected chi connectivity index (χ2v) is 8.82. The molecule has 1 saturated heterocycles. The molecule has 1 aliphatic rings. The van der Waals surface area contributed by atoms with E-state index in [1.165, 1.54) is 6.07 Å². The summed E-state index contributed by atoms with van der Waals surface area (Å²) in [5.41, 5.74) is 1.10. The molecular formula is C25H29F2NO3. The highest BCUT2D eigenvalue weighted by atomic mass is 19.1. The lowest BCUT2D eigenvalue weighted by molar-refractivity contribution is -0.123. The Morgan fingerprint density at radius 1 is 1.10 bits per heavy atom. The summed E-state index contributed by atoms with van der Waals surface area (Å²) in [6, 6.07) is 9.85. The first-order valence-corrected chi connectivity index (χ1v) is 10.4. The smallest absolute Gasteiger partial charge is 0.229 e. The zero-order chi connectivity index (χ0) is 22.6. The average molecular weight is 430 g/mol. The zero-order valence-electron chi connectivity index (χ0n) is 18.4. The summed E-state index contributed by atoms with van der Waals surface area (Å²) in [4.78, 5) is 12.3. The fraction of sp³-hybridized carbons (Fsp3) is 0.400. The number of amides is 1. The third-order valence-electron chi connectivity index (χ3n) is 5.59. The van der Waals surface area contributed by atoms with Crippen LogP contribution in [0.15, 0.2) is 36.4 Å². The third kappa shape index (κ3) is 5.38. The van der Waals surface area contributed by atoms with Crippen molar-refractivity contribution in [1.82, 2.24) is 0 Å². The number of hydrogen-bond donors (Lipinski definition) is 1. The number of carbonyl (C=O) groups excluding carboxylic acids is 1. The Morgan fingerprint density at radius 2 is 1.74 bits per heavy atom. The monoisotopic (exact) mass is 429 g/mol. The Bertz CT molecular complexity index is 956. The van der Waals surface area contributed by atoms with Crippen molar-refractivity contribution in [3.63, 3.8) is 0 Å². The van der Waals surface area contributed by atoms with E-state index in [4.69, 9.17) is 9.47 Å². The maximum atomic E-state index is 14.4. The minimum Gasteiger partial charge on any atom is -0.381 e. The van der Waals surface area contributed by atoms with E-state index in [1.807, 2.05) is 24.3 Å². The van der Waals surface area contributed by atoms with Crippen molar-refractivity contribution in [2.75, 3.05) is 25.6 Å². The number of ether oxygens (including phenoxy) is 2. The van der Waals surface area contributed by atoms with Crippen LogP contribution >= 0.6 is 0 Å². The quantitative estimate of drug-likeness (QED) is 0.614. The third-order valence-corrected chi connectivity index (χ3v) is 5.59. The topological polar surface area (TPSA) is 47.6 Å². The van der Waals surface area contributed by atoms with Crippen molar-refractivity contribution in [3.05, 3.63) is 64.7 Å². The van der Waals surface area contributed by atoms with Crippen molar-refractivity contribution in [1.29, 1.82) is 0 Å². The molecule has 0 unspecified atom stereocenters. The van der Waals surface area contributed by atoms with E-state index < -0.39 is 17.0 Å². The van der Waals surface area contributed by atoms with Crippen LogP contribution in [0.1, 0.15) is 50.3 Å². The number of hydrogen-bond acceptors (Lipinski definition) is 3. The molecule has 0 spiro atoms. The fourth-order valence-electron chi connectivity index (χ4n) is 3.55. The molecular weight excluding hydrogens is 400 g/mol. The van der Waals surface area contributed by atoms with Gasteiger partial charge in [-0.15, -0.1) is 0 Å². The molecule has 1 heterocycles. The van der Waals surface area contributed by atoms with E-state index in [0.29, 0.717) is 13.2 Å². The number of rotatable bonds is 5. The van der Waals surface area contributed by atoms with Gasteiger partial charge in [0, 0.05) is 50.2 Å². The molecule has 0 aromatic heterocycles. The Balaban J connectivity index is 1.85. The van der Waals surface area contributed by atoms with Crippen molar-refractivity contribution in [3.8, 4) is 0 Å². The second kappa shape index (κ2) is 9.28. The number of anilines is 1. The van der Waals surface area contributed by atoms with Gasteiger partial charge in [0.1, 0.15) is 11.6 Å². The molecule has 4 nitrogen and oxygen atoms in total. The van der Waals surface area contributed by atoms with Gasteiger partial charge in [-0.3, -0.25) is 4.79 Å². The number of nitrogens with one attached hydrogen (secondary N) is 1. The molecule has 1 amide bonds. The molecule has 31 heavy (non-hydrogen) atoms. The SMILES string of the molecule is COC1(c2ccc(/C=C/c3cc(F)cc(F)c3NC(=O)C(C)(C)C)cc2)CCOCC1. The minimum atomic E-state index is -0.811. The molecule has 1 fully saturated rings. The van der Waals surface area contributed by atoms with Crippen LogP contribution in [0.25, 0.3) is 12.2 Å². The Morgan fingerprint density at radius 3 is 2.32 bits per heavy atom. The molecule has 0 aliphatic carbocycles. The Hall–Kier alpha value is -2.57. The zero-order valence-corrected chi connectivity index (χ0v) is 18.4. The first-order valence-electron chi connectivity index (χ1n) is 10.4. The highest BCUT2D eigenvalue weighted by Gasteiger charge is 2.34. The van der Waals surface area contributed by atoms with Crippen LogP contribution in [0.5, 0.6) is 0 Å². The van der Waals surface area contributed by atoms with Crippen molar-refractivity contribution in [2.45, 2.75) is 39.2 Å². The Kier molecular flexibility index (Phi) is 6.92. The average Bonchev–Trinajstić information content (AvgIpc) is 2.74.